The Morgan fingerprint density at radius 3 is 1.90 bits per heavy atom. The Bertz CT molecular complexity index is 1380. The second-order valence-electron chi connectivity index (χ2n) is 9.68. The highest BCUT2D eigenvalue weighted by Crippen LogP contribution is 2.55. The summed E-state index contributed by atoms with van der Waals surface area (Å²) in [5.74, 6) is 0. The van der Waals surface area contributed by atoms with Gasteiger partial charge in [-0.15, -0.1) is 0 Å². The molecule has 0 bridgehead atoms. The van der Waals surface area contributed by atoms with Crippen LogP contribution < -0.4 is 0 Å². The quantitative estimate of drug-likeness (QED) is 0.297. The highest BCUT2D eigenvalue weighted by molar-refractivity contribution is 6.16. The van der Waals surface area contributed by atoms with Crippen molar-refractivity contribution in [1.29, 1.82) is 0 Å². The van der Waals surface area contributed by atoms with Gasteiger partial charge in [0.15, 0.2) is 0 Å². The van der Waals surface area contributed by atoms with E-state index in [1.807, 2.05) is 0 Å². The molecule has 29 heavy (non-hydrogen) atoms. The van der Waals surface area contributed by atoms with Gasteiger partial charge in [-0.1, -0.05) is 38.1 Å². The summed E-state index contributed by atoms with van der Waals surface area (Å²) < 4.78 is 2.50. The first-order valence-electron chi connectivity index (χ1n) is 10.7. The van der Waals surface area contributed by atoms with Gasteiger partial charge in [-0.2, -0.15) is 0 Å². The molecule has 1 nitrogen and oxygen atoms in total. The van der Waals surface area contributed by atoms with Gasteiger partial charge in [0.05, 0.1) is 11.0 Å². The average Bonchev–Trinajstić information content (AvgIpc) is 3.12. The Labute approximate surface area is 174 Å². The van der Waals surface area contributed by atoms with E-state index in [0.717, 1.165) is 0 Å². The first-order chi connectivity index (χ1) is 13.6. The zero-order valence-corrected chi connectivity index (χ0v) is 19.3. The van der Waals surface area contributed by atoms with Crippen LogP contribution in [-0.2, 0) is 12.5 Å². The minimum absolute atomic E-state index is 0.00330. The summed E-state index contributed by atoms with van der Waals surface area (Å²) in [6.45, 7) is 18.6. The Kier molecular flexibility index (Phi) is 3.53. The smallest absolute Gasteiger partial charge is 0.0539 e. The lowest BCUT2D eigenvalue weighted by molar-refractivity contribution is 0.662. The number of nitrogens with zero attached hydrogens (tertiary/aromatic N) is 1. The van der Waals surface area contributed by atoms with E-state index in [1.165, 1.54) is 77.4 Å². The van der Waals surface area contributed by atoms with Crippen molar-refractivity contribution in [2.45, 2.75) is 60.8 Å². The van der Waals surface area contributed by atoms with Gasteiger partial charge in [-0.3, -0.25) is 0 Å². The van der Waals surface area contributed by atoms with E-state index in [4.69, 9.17) is 0 Å². The fourth-order valence-corrected chi connectivity index (χ4v) is 6.08. The lowest BCUT2D eigenvalue weighted by atomic mass is 9.80. The predicted molar refractivity (Wildman–Crippen MR) is 126 cm³/mol. The zero-order valence-electron chi connectivity index (χ0n) is 19.3. The molecule has 0 amide bonds. The molecule has 0 N–H and O–H groups in total. The van der Waals surface area contributed by atoms with E-state index in [-0.39, 0.29) is 5.41 Å². The maximum atomic E-state index is 2.50. The molecule has 0 spiro atoms. The van der Waals surface area contributed by atoms with E-state index in [2.05, 4.69) is 91.3 Å². The summed E-state index contributed by atoms with van der Waals surface area (Å²) >= 11 is 0. The van der Waals surface area contributed by atoms with E-state index in [9.17, 15) is 0 Å². The van der Waals surface area contributed by atoms with Gasteiger partial charge in [0.2, 0.25) is 0 Å². The zero-order chi connectivity index (χ0) is 21.0. The molecule has 0 radical (unpaired) electrons. The summed E-state index contributed by atoms with van der Waals surface area (Å²) in [5, 5.41) is 2.92. The van der Waals surface area contributed by atoms with Gasteiger partial charge in [0.25, 0.3) is 0 Å². The van der Waals surface area contributed by atoms with Crippen molar-refractivity contribution in [2.75, 3.05) is 0 Å². The third-order valence-corrected chi connectivity index (χ3v) is 8.11. The molecule has 1 aliphatic rings. The molecule has 1 heteroatoms. The lowest BCUT2D eigenvalue weighted by Gasteiger charge is -2.24. The van der Waals surface area contributed by atoms with E-state index in [0.29, 0.717) is 0 Å². The van der Waals surface area contributed by atoms with Gasteiger partial charge in [-0.25, -0.2) is 0 Å². The molecule has 3 aromatic carbocycles. The molecule has 5 rings (SSSR count). The van der Waals surface area contributed by atoms with Crippen molar-refractivity contribution >= 4 is 21.8 Å². The second-order valence-corrected chi connectivity index (χ2v) is 9.68. The molecule has 1 aliphatic carbocycles. The minimum Gasteiger partial charge on any atom is -0.343 e. The summed E-state index contributed by atoms with van der Waals surface area (Å²) in [5.41, 5.74) is 17.3. The molecule has 0 saturated carbocycles. The van der Waals surface area contributed by atoms with Crippen LogP contribution in [0, 0.1) is 41.5 Å². The molecule has 1 aromatic heterocycles. The number of hydrogen-bond donors (Lipinski definition) is 0. The van der Waals surface area contributed by atoms with Gasteiger partial charge in [0, 0.05) is 23.2 Å². The first kappa shape index (κ1) is 18.5. The predicted octanol–water partition coefficient (Wildman–Crippen LogP) is 7.49. The largest absolute Gasteiger partial charge is 0.343 e. The fourth-order valence-electron chi connectivity index (χ4n) is 6.08. The molecule has 0 atom stereocenters. The van der Waals surface area contributed by atoms with Crippen LogP contribution >= 0.6 is 0 Å². The van der Waals surface area contributed by atoms with Crippen LogP contribution in [0.25, 0.3) is 32.9 Å². The van der Waals surface area contributed by atoms with Crippen molar-refractivity contribution in [3.05, 3.63) is 68.8 Å². The second kappa shape index (κ2) is 5.53. The maximum Gasteiger partial charge on any atom is 0.0539 e. The van der Waals surface area contributed by atoms with Crippen LogP contribution in [0.1, 0.15) is 58.4 Å². The van der Waals surface area contributed by atoms with E-state index < -0.39 is 0 Å². The SMILES string of the molecule is Cc1c(C)c(C)c2c(c1C)c1c(C)c(C)c3c(c1n2C)C(C)(C)c1ccccc1-3. The molecular formula is C28H31N. The monoisotopic (exact) mass is 381 g/mol. The first-order valence-corrected chi connectivity index (χ1v) is 10.7. The highest BCUT2D eigenvalue weighted by Gasteiger charge is 2.40. The van der Waals surface area contributed by atoms with Crippen LogP contribution in [0.15, 0.2) is 24.3 Å². The van der Waals surface area contributed by atoms with Gasteiger partial charge < -0.3 is 4.57 Å². The maximum absolute atomic E-state index is 2.50. The van der Waals surface area contributed by atoms with Crippen molar-refractivity contribution in [3.8, 4) is 11.1 Å². The normalized spacial score (nSPS) is 14.7. The number of fused-ring (bicyclic) bond motifs is 7. The van der Waals surface area contributed by atoms with E-state index in [1.54, 1.807) is 0 Å². The van der Waals surface area contributed by atoms with Gasteiger partial charge in [-0.05, 0) is 97.2 Å². The van der Waals surface area contributed by atoms with Crippen molar-refractivity contribution in [3.63, 3.8) is 0 Å². The molecule has 0 unspecified atom stereocenters. The molecule has 0 fully saturated rings. The number of aryl methyl sites for hydroxylation is 4. The van der Waals surface area contributed by atoms with Crippen LogP contribution in [0.2, 0.25) is 0 Å². The molecule has 0 saturated heterocycles. The number of aromatic nitrogens is 1. The lowest BCUT2D eigenvalue weighted by Crippen LogP contribution is -2.16. The van der Waals surface area contributed by atoms with Gasteiger partial charge in [0.1, 0.15) is 0 Å². The van der Waals surface area contributed by atoms with Crippen LogP contribution in [0.5, 0.6) is 0 Å². The minimum atomic E-state index is -0.00330. The Morgan fingerprint density at radius 2 is 1.21 bits per heavy atom. The average molecular weight is 382 g/mol. The number of benzene rings is 3. The standard InChI is InChI=1S/C28H31N/c1-14-15(2)19(6)26-23(16(14)3)24-18(5)17(4)22-20-12-10-11-13-21(20)28(7,8)25(22)27(24)29(26)9/h10-13H,1-9H3. The van der Waals surface area contributed by atoms with Crippen LogP contribution in [0.3, 0.4) is 0 Å². The van der Waals surface area contributed by atoms with Crippen molar-refractivity contribution in [1.82, 2.24) is 4.57 Å². The number of hydrogen-bond acceptors (Lipinski definition) is 0. The summed E-state index contributed by atoms with van der Waals surface area (Å²) in [6, 6.07) is 9.01. The van der Waals surface area contributed by atoms with Crippen LogP contribution in [-0.4, -0.2) is 4.57 Å². The number of rotatable bonds is 0. The molecular weight excluding hydrogens is 350 g/mol. The Balaban J connectivity index is 2.15. The Morgan fingerprint density at radius 1 is 0.655 bits per heavy atom. The summed E-state index contributed by atoms with van der Waals surface area (Å²) in [4.78, 5) is 0. The van der Waals surface area contributed by atoms with Crippen molar-refractivity contribution in [2.24, 2.45) is 7.05 Å². The molecule has 4 aromatic rings. The fraction of sp³-hybridized carbons (Fsp3) is 0.357. The third-order valence-electron chi connectivity index (χ3n) is 8.11. The summed E-state index contributed by atoms with van der Waals surface area (Å²) in [6.07, 6.45) is 0. The van der Waals surface area contributed by atoms with Gasteiger partial charge >= 0.3 is 0 Å². The Hall–Kier alpha value is -2.54. The third kappa shape index (κ3) is 1.96. The van der Waals surface area contributed by atoms with Crippen LogP contribution in [0.4, 0.5) is 0 Å². The molecule has 1 heterocycles. The molecule has 148 valence electrons. The van der Waals surface area contributed by atoms with E-state index >= 15 is 0 Å². The van der Waals surface area contributed by atoms with Crippen molar-refractivity contribution < 1.29 is 0 Å². The summed E-state index contributed by atoms with van der Waals surface area (Å²) in [7, 11) is 2.28. The molecule has 0 aliphatic heterocycles. The topological polar surface area (TPSA) is 4.93 Å². The highest BCUT2D eigenvalue weighted by atomic mass is 14.9.